The van der Waals surface area contributed by atoms with Gasteiger partial charge in [-0.1, -0.05) is 11.6 Å². The lowest BCUT2D eigenvalue weighted by Crippen LogP contribution is -2.15. The van der Waals surface area contributed by atoms with Crippen molar-refractivity contribution in [1.82, 2.24) is 15.3 Å². The summed E-state index contributed by atoms with van der Waals surface area (Å²) in [6.07, 6.45) is 2.35. The summed E-state index contributed by atoms with van der Waals surface area (Å²) in [6.45, 7) is 2.84. The van der Waals surface area contributed by atoms with Crippen LogP contribution < -0.4 is 20.5 Å². The molecule has 1 aliphatic heterocycles. The average Bonchev–Trinajstić information content (AvgIpc) is 3.37. The minimum Gasteiger partial charge on any atom is -0.493 e. The van der Waals surface area contributed by atoms with Gasteiger partial charge in [0.2, 0.25) is 0 Å². The maximum Gasteiger partial charge on any atom is 0.165 e. The van der Waals surface area contributed by atoms with Gasteiger partial charge in [-0.25, -0.2) is 14.4 Å². The Morgan fingerprint density at radius 3 is 2.66 bits per heavy atom. The van der Waals surface area contributed by atoms with E-state index in [0.29, 0.717) is 39.4 Å². The highest BCUT2D eigenvalue weighted by Crippen LogP contribution is 2.40. The van der Waals surface area contributed by atoms with E-state index in [2.05, 4.69) is 31.2 Å². The molecule has 0 spiro atoms. The molecule has 3 N–H and O–H groups in total. The van der Waals surface area contributed by atoms with Crippen molar-refractivity contribution in [2.75, 3.05) is 32.5 Å². The van der Waals surface area contributed by atoms with Crippen molar-refractivity contribution in [3.05, 3.63) is 39.6 Å². The number of ether oxygens (including phenoxy) is 2. The predicted molar refractivity (Wildman–Crippen MR) is 127 cm³/mol. The zero-order valence-corrected chi connectivity index (χ0v) is 19.8. The van der Waals surface area contributed by atoms with E-state index in [9.17, 15) is 4.39 Å². The Morgan fingerprint density at radius 1 is 1.19 bits per heavy atom. The van der Waals surface area contributed by atoms with Crippen molar-refractivity contribution in [1.29, 1.82) is 0 Å². The fourth-order valence-electron chi connectivity index (χ4n) is 4.89. The minimum absolute atomic E-state index is 0.0277. The normalized spacial score (nSPS) is 22.3. The van der Waals surface area contributed by atoms with Gasteiger partial charge >= 0.3 is 0 Å². The molecule has 1 aromatic heterocycles. The number of nitrogens with zero attached hydrogens (tertiary/aromatic N) is 2. The third-order valence-electron chi connectivity index (χ3n) is 6.51. The number of halogens is 3. The lowest BCUT2D eigenvalue weighted by Gasteiger charge is -2.16. The fraction of sp³-hybridized carbons (Fsp3) is 0.391. The van der Waals surface area contributed by atoms with E-state index in [1.807, 2.05) is 0 Å². The van der Waals surface area contributed by atoms with E-state index in [1.165, 1.54) is 12.8 Å². The lowest BCUT2D eigenvalue weighted by molar-refractivity contribution is 0.234. The number of hydrogen-bond acceptors (Lipinski definition) is 6. The second-order valence-electron chi connectivity index (χ2n) is 8.50. The highest BCUT2D eigenvalue weighted by molar-refractivity contribution is 9.10. The Morgan fingerprint density at radius 2 is 1.94 bits per heavy atom. The van der Waals surface area contributed by atoms with Crippen LogP contribution in [-0.2, 0) is 0 Å². The maximum atomic E-state index is 14.7. The molecular weight excluding hydrogens is 499 g/mol. The molecule has 6 nitrogen and oxygen atoms in total. The summed E-state index contributed by atoms with van der Waals surface area (Å²) >= 11 is 9.27. The van der Waals surface area contributed by atoms with E-state index in [1.54, 1.807) is 31.4 Å². The Bertz CT molecular complexity index is 1180. The molecule has 2 aliphatic rings. The highest BCUT2D eigenvalue weighted by Gasteiger charge is 2.37. The van der Waals surface area contributed by atoms with E-state index >= 15 is 0 Å². The van der Waals surface area contributed by atoms with Crippen LogP contribution in [0.25, 0.3) is 22.3 Å². The smallest absolute Gasteiger partial charge is 0.165 e. The molecule has 2 aromatic carbocycles. The summed E-state index contributed by atoms with van der Waals surface area (Å²) in [6, 6.07) is 6.77. The van der Waals surface area contributed by atoms with Crippen LogP contribution in [0.15, 0.2) is 28.7 Å². The minimum atomic E-state index is -0.606. The van der Waals surface area contributed by atoms with Gasteiger partial charge in [0.25, 0.3) is 0 Å². The van der Waals surface area contributed by atoms with E-state index < -0.39 is 5.82 Å². The van der Waals surface area contributed by atoms with Crippen molar-refractivity contribution in [3.63, 3.8) is 0 Å². The molecule has 1 unspecified atom stereocenters. The van der Waals surface area contributed by atoms with Crippen LogP contribution >= 0.6 is 27.5 Å². The molecule has 1 saturated carbocycles. The van der Waals surface area contributed by atoms with E-state index in [0.717, 1.165) is 24.9 Å². The van der Waals surface area contributed by atoms with Crippen molar-refractivity contribution in [3.8, 4) is 22.9 Å². The van der Waals surface area contributed by atoms with Gasteiger partial charge < -0.3 is 20.5 Å². The van der Waals surface area contributed by atoms with Crippen LogP contribution in [-0.4, -0.2) is 36.8 Å². The van der Waals surface area contributed by atoms with Gasteiger partial charge in [0.15, 0.2) is 23.1 Å². The highest BCUT2D eigenvalue weighted by atomic mass is 79.9. The number of benzene rings is 2. The van der Waals surface area contributed by atoms with Crippen LogP contribution in [0.4, 0.5) is 10.2 Å². The van der Waals surface area contributed by atoms with Crippen LogP contribution in [0.2, 0.25) is 5.02 Å². The molecule has 2 fully saturated rings. The maximum absolute atomic E-state index is 14.7. The van der Waals surface area contributed by atoms with Gasteiger partial charge in [-0.05, 0) is 77.8 Å². The Balaban J connectivity index is 1.47. The topological polar surface area (TPSA) is 82.3 Å². The Kier molecular flexibility index (Phi) is 5.86. The standard InChI is InChI=1S/C23H23BrClFN4O2/c1-31-18-6-15-17(7-19(18)32-10-11-4-12-8-28-9-13(12)5-11)29-23(30-22(15)27)14-2-3-16(24)20(25)21(14)26/h2-3,6-7,11-13,28H,4-5,8-10H2,1H3,(H2,27,29,30)/t11?,12-,13+. The van der Waals surface area contributed by atoms with Crippen LogP contribution in [0.1, 0.15) is 12.8 Å². The van der Waals surface area contributed by atoms with Gasteiger partial charge in [0.05, 0.1) is 29.8 Å². The molecule has 9 heteroatoms. The zero-order valence-electron chi connectivity index (χ0n) is 17.5. The van der Waals surface area contributed by atoms with Crippen molar-refractivity contribution < 1.29 is 13.9 Å². The van der Waals surface area contributed by atoms with E-state index in [4.69, 9.17) is 26.8 Å². The third-order valence-corrected chi connectivity index (χ3v) is 7.77. The first kappa shape index (κ1) is 21.7. The second-order valence-corrected chi connectivity index (χ2v) is 9.73. The molecule has 0 radical (unpaired) electrons. The van der Waals surface area contributed by atoms with E-state index in [-0.39, 0.29) is 22.2 Å². The summed E-state index contributed by atoms with van der Waals surface area (Å²) in [7, 11) is 1.59. The first-order valence-corrected chi connectivity index (χ1v) is 11.7. The Hall–Kier alpha value is -2.16. The summed E-state index contributed by atoms with van der Waals surface area (Å²) in [5.41, 5.74) is 6.92. The first-order chi connectivity index (χ1) is 15.4. The summed E-state index contributed by atoms with van der Waals surface area (Å²) in [5, 5.41) is 4.05. The van der Waals surface area contributed by atoms with Gasteiger partial charge in [-0.15, -0.1) is 0 Å². The first-order valence-electron chi connectivity index (χ1n) is 10.6. The number of hydrogen-bond donors (Lipinski definition) is 2. The monoisotopic (exact) mass is 520 g/mol. The number of nitrogens with one attached hydrogen (secondary N) is 1. The molecule has 3 atom stereocenters. The van der Waals surface area contributed by atoms with Crippen molar-refractivity contribution in [2.45, 2.75) is 12.8 Å². The molecule has 3 aromatic rings. The van der Waals surface area contributed by atoms with Crippen molar-refractivity contribution >= 4 is 44.3 Å². The molecule has 1 saturated heterocycles. The number of anilines is 1. The Labute approximate surface area is 198 Å². The molecular formula is C23H23BrClFN4O2. The fourth-order valence-corrected chi connectivity index (χ4v) is 5.36. The summed E-state index contributed by atoms with van der Waals surface area (Å²) in [4.78, 5) is 8.85. The number of fused-ring (bicyclic) bond motifs is 2. The van der Waals surface area contributed by atoms with Gasteiger partial charge in [0, 0.05) is 15.9 Å². The zero-order chi connectivity index (χ0) is 22.4. The van der Waals surface area contributed by atoms with Crippen LogP contribution in [0, 0.1) is 23.6 Å². The summed E-state index contributed by atoms with van der Waals surface area (Å²) in [5.74, 6) is 2.98. The van der Waals surface area contributed by atoms with Crippen LogP contribution in [0.3, 0.4) is 0 Å². The van der Waals surface area contributed by atoms with Gasteiger partial charge in [-0.2, -0.15) is 0 Å². The average molecular weight is 522 g/mol. The number of rotatable bonds is 5. The summed E-state index contributed by atoms with van der Waals surface area (Å²) < 4.78 is 26.9. The molecule has 2 heterocycles. The number of nitrogen functional groups attached to an aromatic ring is 1. The molecule has 1 aliphatic carbocycles. The third kappa shape index (κ3) is 3.89. The second kappa shape index (κ2) is 8.65. The molecule has 32 heavy (non-hydrogen) atoms. The lowest BCUT2D eigenvalue weighted by atomic mass is 10.0. The molecule has 0 bridgehead atoms. The largest absolute Gasteiger partial charge is 0.493 e. The predicted octanol–water partition coefficient (Wildman–Crippen LogP) is 5.07. The molecule has 0 amide bonds. The number of aromatic nitrogens is 2. The number of nitrogens with two attached hydrogens (primary N) is 1. The molecule has 168 valence electrons. The quantitative estimate of drug-likeness (QED) is 0.456. The van der Waals surface area contributed by atoms with Crippen molar-refractivity contribution in [2.24, 2.45) is 17.8 Å². The number of methoxy groups -OCH3 is 1. The SMILES string of the molecule is COc1cc2c(N)nc(-c3ccc(Br)c(Cl)c3F)nc2cc1OCC1C[C@H]2CNC[C@H]2C1. The van der Waals surface area contributed by atoms with Gasteiger partial charge in [-0.3, -0.25) is 0 Å². The van der Waals surface area contributed by atoms with Crippen LogP contribution in [0.5, 0.6) is 11.5 Å². The van der Waals surface area contributed by atoms with Gasteiger partial charge in [0.1, 0.15) is 5.82 Å². The molecule has 5 rings (SSSR count).